The van der Waals surface area contributed by atoms with Crippen LogP contribution in [0.3, 0.4) is 0 Å². The van der Waals surface area contributed by atoms with Gasteiger partial charge in [-0.05, 0) is 20.6 Å². The van der Waals surface area contributed by atoms with Crippen molar-refractivity contribution in [3.05, 3.63) is 0 Å². The molecule has 2 heterocycles. The van der Waals surface area contributed by atoms with E-state index in [-0.39, 0.29) is 6.61 Å². The number of hydrogen-bond donors (Lipinski definition) is 8. The van der Waals surface area contributed by atoms with Crippen molar-refractivity contribution in [3.8, 4) is 0 Å². The molecule has 0 saturated carbocycles. The minimum Gasteiger partial charge on any atom is -0.395 e. The Hall–Kier alpha value is 1.04. The fourth-order valence-electron chi connectivity index (χ4n) is 2.39. The van der Waals surface area contributed by atoms with E-state index in [0.29, 0.717) is 0 Å². The first-order valence-electron chi connectivity index (χ1n) is 7.41. The van der Waals surface area contributed by atoms with Crippen LogP contribution in [0.5, 0.6) is 0 Å². The molecule has 2 saturated heterocycles. The highest BCUT2D eigenvalue weighted by molar-refractivity contribution is 9.10. The van der Waals surface area contributed by atoms with Crippen LogP contribution in [-0.4, -0.2) is 112 Å². The molecule has 0 aromatic carbocycles. The lowest BCUT2D eigenvalue weighted by atomic mass is 10.0. The quantitative estimate of drug-likeness (QED) is 0.202. The highest BCUT2D eigenvalue weighted by Crippen LogP contribution is 2.50. The van der Waals surface area contributed by atoms with Gasteiger partial charge in [-0.25, -0.2) is 0 Å². The molecule has 8 N–H and O–H groups in total. The Morgan fingerprint density at radius 3 is 1.96 bits per heavy atom. The minimum atomic E-state index is -1.46. The van der Waals surface area contributed by atoms with E-state index in [4.69, 9.17) is 9.84 Å². The number of ether oxygens (including phenoxy) is 1. The van der Waals surface area contributed by atoms with Crippen molar-refractivity contribution in [2.24, 2.45) is 0 Å². The fraction of sp³-hybridized carbons (Fsp3) is 1.00. The molecule has 148 valence electrons. The monoisotopic (exact) mass is 438 g/mol. The molecule has 0 spiro atoms. The topological polar surface area (TPSA) is 171 Å². The van der Waals surface area contributed by atoms with Crippen LogP contribution in [0.4, 0.5) is 0 Å². The lowest BCUT2D eigenvalue weighted by Crippen LogP contribution is -2.57. The van der Waals surface area contributed by atoms with Gasteiger partial charge >= 0.3 is 0 Å². The maximum Gasteiger partial charge on any atom is 0.143 e. The molecule has 9 nitrogen and oxygen atoms in total. The smallest absolute Gasteiger partial charge is 0.143 e. The zero-order valence-electron chi connectivity index (χ0n) is 12.8. The predicted molar refractivity (Wildman–Crippen MR) is 96.8 cm³/mol. The summed E-state index contributed by atoms with van der Waals surface area (Å²) in [6.45, 7) is -0.865. The van der Waals surface area contributed by atoms with Crippen molar-refractivity contribution in [1.29, 1.82) is 0 Å². The Bertz CT molecular complexity index is 382. The molecule has 10 atom stereocenters. The van der Waals surface area contributed by atoms with E-state index in [0.717, 1.165) is 43.2 Å². The summed E-state index contributed by atoms with van der Waals surface area (Å²) in [5.41, 5.74) is -0.914. The van der Waals surface area contributed by atoms with Gasteiger partial charge in [-0.2, -0.15) is 0 Å². The van der Waals surface area contributed by atoms with Crippen molar-refractivity contribution in [2.75, 3.05) is 13.2 Å². The zero-order chi connectivity index (χ0) is 18.7. The van der Waals surface area contributed by atoms with E-state index in [1.54, 1.807) is 0 Å². The Balaban J connectivity index is 1.87. The molecule has 2 fully saturated rings. The first-order valence-corrected chi connectivity index (χ1v) is 12.0. The standard InChI is InChI=1S/C12H22O9S4/c13-1-3-5(15)7(17)9(19)11(21-3)23-25-24-12-10(20)8(18)6(16)4(2-14)22-12/h3-20H,1-2H2/t3-,4-,5-,6-,7+,8+,9-,10-,11+,12+/m1/s1. The molecule has 25 heavy (non-hydrogen) atoms. The van der Waals surface area contributed by atoms with Crippen LogP contribution >= 0.6 is 43.2 Å². The van der Waals surface area contributed by atoms with Crippen molar-refractivity contribution < 1.29 is 45.6 Å². The average molecular weight is 439 g/mol. The van der Waals surface area contributed by atoms with Crippen LogP contribution in [0.15, 0.2) is 0 Å². The third-order valence-corrected chi connectivity index (χ3v) is 10.6. The number of rotatable bonds is 6. The number of aliphatic hydroxyl groups excluding tert-OH is 8. The molecule has 0 aromatic rings. The summed E-state index contributed by atoms with van der Waals surface area (Å²) in [5.74, 6) is 0. The highest BCUT2D eigenvalue weighted by Gasteiger charge is 2.45. The Labute approximate surface area is 160 Å². The predicted octanol–water partition coefficient (Wildman–Crippen LogP) is -2.67. The van der Waals surface area contributed by atoms with Gasteiger partial charge in [0.25, 0.3) is 0 Å². The zero-order valence-corrected chi connectivity index (χ0v) is 16.1. The molecule has 0 aromatic heterocycles. The van der Waals surface area contributed by atoms with Crippen LogP contribution < -0.4 is 0 Å². The molecule has 0 unspecified atom stereocenters. The molecule has 0 bridgehead atoms. The Morgan fingerprint density at radius 1 is 0.720 bits per heavy atom. The highest BCUT2D eigenvalue weighted by atomic mass is 33.5. The molecule has 2 aliphatic rings. The van der Waals surface area contributed by atoms with Crippen molar-refractivity contribution in [1.82, 2.24) is 0 Å². The molecule has 0 amide bonds. The second-order valence-corrected chi connectivity index (χ2v) is 11.6. The molecule has 2 rings (SSSR count). The van der Waals surface area contributed by atoms with Gasteiger partial charge < -0.3 is 45.6 Å². The molecule has 2 aliphatic heterocycles. The lowest BCUT2D eigenvalue weighted by Gasteiger charge is -2.40. The van der Waals surface area contributed by atoms with Gasteiger partial charge in [0, 0.05) is 0 Å². The van der Waals surface area contributed by atoms with E-state index in [9.17, 15) is 35.7 Å². The molecular weight excluding hydrogens is 416 g/mol. The maximum atomic E-state index is 10.0. The minimum absolute atomic E-state index is 0.350. The van der Waals surface area contributed by atoms with Gasteiger partial charge in [-0.1, -0.05) is 10.8 Å². The van der Waals surface area contributed by atoms with Gasteiger partial charge in [-0.15, -0.1) is 11.8 Å². The summed E-state index contributed by atoms with van der Waals surface area (Å²) in [7, 11) is 3.30. The molecule has 0 radical (unpaired) electrons. The van der Waals surface area contributed by atoms with E-state index >= 15 is 0 Å². The third kappa shape index (κ3) is 5.10. The van der Waals surface area contributed by atoms with E-state index < -0.39 is 64.6 Å². The van der Waals surface area contributed by atoms with Crippen LogP contribution in [0, 0.1) is 0 Å². The second-order valence-electron chi connectivity index (χ2n) is 5.66. The molecule has 13 heteroatoms. The van der Waals surface area contributed by atoms with Gasteiger partial charge in [-0.3, -0.25) is 0 Å². The fourth-order valence-corrected chi connectivity index (χ4v) is 9.51. The summed E-state index contributed by atoms with van der Waals surface area (Å²) in [4.78, 5) is 0. The summed E-state index contributed by atoms with van der Waals surface area (Å²) in [6.07, 6.45) is -9.06. The van der Waals surface area contributed by atoms with E-state index in [1.807, 2.05) is 0 Å². The van der Waals surface area contributed by atoms with Gasteiger partial charge in [0.2, 0.25) is 0 Å². The van der Waals surface area contributed by atoms with E-state index in [1.165, 1.54) is 0 Å². The van der Waals surface area contributed by atoms with E-state index in [2.05, 4.69) is 0 Å². The van der Waals surface area contributed by atoms with Crippen molar-refractivity contribution >= 4 is 43.2 Å². The number of hydrogen-bond acceptors (Lipinski definition) is 13. The van der Waals surface area contributed by atoms with Crippen LogP contribution in [0.25, 0.3) is 0 Å². The normalized spacial score (nSPS) is 48.5. The molecule has 0 aliphatic carbocycles. The van der Waals surface area contributed by atoms with Gasteiger partial charge in [0.05, 0.1) is 29.1 Å². The summed E-state index contributed by atoms with van der Waals surface area (Å²) in [5, 5.41) is 76.8. The van der Waals surface area contributed by atoms with Crippen molar-refractivity contribution in [3.63, 3.8) is 0 Å². The summed E-state index contributed by atoms with van der Waals surface area (Å²) in [6, 6.07) is 0. The first kappa shape index (κ1) is 22.3. The first-order chi connectivity index (χ1) is 11.8. The molecular formula is C12H22O9S4. The van der Waals surface area contributed by atoms with Crippen LogP contribution in [0.1, 0.15) is 0 Å². The average Bonchev–Trinajstić information content (AvgIpc) is 2.61. The summed E-state index contributed by atoms with van der Waals surface area (Å²) < 4.78 is 4.80. The summed E-state index contributed by atoms with van der Waals surface area (Å²) >= 11 is 1.13. The van der Waals surface area contributed by atoms with Crippen LogP contribution in [0.2, 0.25) is 0 Å². The lowest BCUT2D eigenvalue weighted by molar-refractivity contribution is -0.205. The van der Waals surface area contributed by atoms with Gasteiger partial charge in [0.15, 0.2) is 0 Å². The SMILES string of the molecule is OC[C@H]1O[C@@H](SSS[C@@H]2S[C@H](CO)[C@@H](O)[C@H](O)[C@H]2O)[C@H](O)[C@@H](O)[C@@H]1O. The van der Waals surface area contributed by atoms with Gasteiger partial charge in [0.1, 0.15) is 42.1 Å². The second kappa shape index (κ2) is 10.0. The number of aliphatic hydroxyl groups is 8. The Kier molecular flexibility index (Phi) is 8.93. The third-order valence-electron chi connectivity index (χ3n) is 3.97. The number of thioether (sulfide) groups is 1. The maximum absolute atomic E-state index is 10.0. The Morgan fingerprint density at radius 2 is 1.36 bits per heavy atom. The largest absolute Gasteiger partial charge is 0.395 e. The van der Waals surface area contributed by atoms with Crippen molar-refractivity contribution in [2.45, 2.75) is 58.0 Å². The van der Waals surface area contributed by atoms with Crippen LogP contribution in [-0.2, 0) is 4.74 Å².